The van der Waals surface area contributed by atoms with Gasteiger partial charge in [-0.15, -0.1) is 0 Å². The zero-order chi connectivity index (χ0) is 14.6. The molecule has 1 heterocycles. The lowest BCUT2D eigenvalue weighted by atomic mass is 10.3. The lowest BCUT2D eigenvalue weighted by Crippen LogP contribution is -2.27. The molecule has 7 heteroatoms. The fourth-order valence-corrected chi connectivity index (χ4v) is 2.17. The Labute approximate surface area is 116 Å². The van der Waals surface area contributed by atoms with E-state index < -0.39 is 15.9 Å². The smallest absolute Gasteiger partial charge is 0.319 e. The van der Waals surface area contributed by atoms with Crippen molar-refractivity contribution in [2.24, 2.45) is 0 Å². The van der Waals surface area contributed by atoms with Crippen molar-refractivity contribution in [3.63, 3.8) is 0 Å². The van der Waals surface area contributed by atoms with Gasteiger partial charge < -0.3 is 15.1 Å². The monoisotopic (exact) mass is 294 g/mol. The third kappa shape index (κ3) is 3.86. The molecule has 2 amide bonds. The molecule has 6 nitrogen and oxygen atoms in total. The van der Waals surface area contributed by atoms with Gasteiger partial charge in [0.25, 0.3) is 0 Å². The average Bonchev–Trinajstić information content (AvgIpc) is 2.89. The molecule has 106 valence electrons. The van der Waals surface area contributed by atoms with Crippen LogP contribution in [0, 0.1) is 0 Å². The van der Waals surface area contributed by atoms with Gasteiger partial charge in [0.2, 0.25) is 0 Å². The quantitative estimate of drug-likeness (QED) is 0.902. The van der Waals surface area contributed by atoms with Crippen LogP contribution in [-0.4, -0.2) is 20.7 Å². The minimum Gasteiger partial charge on any atom is -0.467 e. The Morgan fingerprint density at radius 1 is 1.20 bits per heavy atom. The molecule has 0 aliphatic carbocycles. The van der Waals surface area contributed by atoms with Crippen molar-refractivity contribution in [2.45, 2.75) is 11.4 Å². The highest BCUT2D eigenvalue weighted by Gasteiger charge is 2.07. The van der Waals surface area contributed by atoms with Crippen LogP contribution in [0.15, 0.2) is 52.0 Å². The summed E-state index contributed by atoms with van der Waals surface area (Å²) in [5.74, 6) is 0.646. The van der Waals surface area contributed by atoms with E-state index in [2.05, 4.69) is 10.6 Å². The molecule has 0 fully saturated rings. The van der Waals surface area contributed by atoms with E-state index in [1.54, 1.807) is 12.1 Å². The lowest BCUT2D eigenvalue weighted by molar-refractivity contribution is 0.251. The van der Waals surface area contributed by atoms with Gasteiger partial charge in [-0.2, -0.15) is 0 Å². The van der Waals surface area contributed by atoms with Crippen molar-refractivity contribution in [2.75, 3.05) is 11.6 Å². The van der Waals surface area contributed by atoms with E-state index in [0.29, 0.717) is 11.4 Å². The van der Waals surface area contributed by atoms with Crippen LogP contribution in [0.4, 0.5) is 10.5 Å². The van der Waals surface area contributed by atoms with Crippen molar-refractivity contribution in [3.8, 4) is 0 Å². The largest absolute Gasteiger partial charge is 0.467 e. The molecule has 0 radical (unpaired) electrons. The van der Waals surface area contributed by atoms with E-state index in [4.69, 9.17) is 4.42 Å². The number of sulfone groups is 1. The fraction of sp³-hybridized carbons (Fsp3) is 0.154. The molecule has 2 rings (SSSR count). The van der Waals surface area contributed by atoms with Crippen LogP contribution in [-0.2, 0) is 16.4 Å². The average molecular weight is 294 g/mol. The summed E-state index contributed by atoms with van der Waals surface area (Å²) in [5, 5.41) is 5.21. The topological polar surface area (TPSA) is 88.4 Å². The summed E-state index contributed by atoms with van der Waals surface area (Å²) in [4.78, 5) is 11.8. The molecule has 0 unspecified atom stereocenters. The molecule has 0 bridgehead atoms. The first-order valence-corrected chi connectivity index (χ1v) is 7.71. The molecule has 1 aromatic heterocycles. The number of rotatable bonds is 4. The number of carbonyl (C=O) groups excluding carboxylic acids is 1. The Hall–Kier alpha value is -2.28. The van der Waals surface area contributed by atoms with Gasteiger partial charge in [0.15, 0.2) is 9.84 Å². The van der Waals surface area contributed by atoms with Crippen LogP contribution in [0.5, 0.6) is 0 Å². The van der Waals surface area contributed by atoms with E-state index in [1.807, 2.05) is 0 Å². The van der Waals surface area contributed by atoms with Gasteiger partial charge in [-0.25, -0.2) is 13.2 Å². The number of hydrogen-bond donors (Lipinski definition) is 2. The minimum absolute atomic E-state index is 0.207. The lowest BCUT2D eigenvalue weighted by Gasteiger charge is -2.07. The van der Waals surface area contributed by atoms with Crippen LogP contribution in [0.1, 0.15) is 5.76 Å². The van der Waals surface area contributed by atoms with Gasteiger partial charge in [0.05, 0.1) is 17.7 Å². The number of furan rings is 1. The van der Waals surface area contributed by atoms with Crippen LogP contribution in [0.3, 0.4) is 0 Å². The van der Waals surface area contributed by atoms with Crippen LogP contribution < -0.4 is 10.6 Å². The Balaban J connectivity index is 1.91. The number of hydrogen-bond acceptors (Lipinski definition) is 4. The number of carbonyl (C=O) groups is 1. The Kier molecular flexibility index (Phi) is 4.09. The third-order valence-electron chi connectivity index (χ3n) is 2.54. The molecule has 0 spiro atoms. The first-order chi connectivity index (χ1) is 9.45. The molecule has 0 atom stereocenters. The number of amides is 2. The number of benzene rings is 1. The van der Waals surface area contributed by atoms with Crippen LogP contribution >= 0.6 is 0 Å². The number of urea groups is 1. The second-order valence-electron chi connectivity index (χ2n) is 4.18. The number of anilines is 1. The molecule has 0 saturated carbocycles. The Morgan fingerprint density at radius 3 is 2.45 bits per heavy atom. The summed E-state index contributed by atoms with van der Waals surface area (Å²) < 4.78 is 27.7. The summed E-state index contributed by atoms with van der Waals surface area (Å²) >= 11 is 0. The summed E-state index contributed by atoms with van der Waals surface area (Å²) in [6, 6.07) is 9.04. The first-order valence-electron chi connectivity index (χ1n) is 5.82. The van der Waals surface area contributed by atoms with Crippen molar-refractivity contribution in [3.05, 3.63) is 48.4 Å². The summed E-state index contributed by atoms with van der Waals surface area (Å²) in [5.41, 5.74) is 0.509. The van der Waals surface area contributed by atoms with E-state index in [9.17, 15) is 13.2 Å². The van der Waals surface area contributed by atoms with E-state index >= 15 is 0 Å². The first kappa shape index (κ1) is 14.1. The standard InChI is InChI=1S/C13H14N2O4S/c1-20(17,18)12-6-4-10(5-7-12)15-13(16)14-9-11-3-2-8-19-11/h2-8H,9H2,1H3,(H2,14,15,16). The van der Waals surface area contributed by atoms with Gasteiger partial charge in [-0.05, 0) is 36.4 Å². The van der Waals surface area contributed by atoms with Crippen molar-refractivity contribution in [1.82, 2.24) is 5.32 Å². The highest BCUT2D eigenvalue weighted by atomic mass is 32.2. The SMILES string of the molecule is CS(=O)(=O)c1ccc(NC(=O)NCc2ccco2)cc1. The zero-order valence-electron chi connectivity index (χ0n) is 10.8. The molecule has 2 aromatic rings. The molecular weight excluding hydrogens is 280 g/mol. The second-order valence-corrected chi connectivity index (χ2v) is 6.20. The normalized spacial score (nSPS) is 11.1. The van der Waals surface area contributed by atoms with Crippen molar-refractivity contribution in [1.29, 1.82) is 0 Å². The zero-order valence-corrected chi connectivity index (χ0v) is 11.6. The van der Waals surface area contributed by atoms with Gasteiger partial charge in [-0.3, -0.25) is 0 Å². The maximum Gasteiger partial charge on any atom is 0.319 e. The molecule has 0 aliphatic heterocycles. The van der Waals surface area contributed by atoms with E-state index in [1.165, 1.54) is 30.5 Å². The van der Waals surface area contributed by atoms with E-state index in [0.717, 1.165) is 6.26 Å². The summed E-state index contributed by atoms with van der Waals surface area (Å²) in [6.45, 7) is 0.278. The second kappa shape index (κ2) is 5.79. The Morgan fingerprint density at radius 2 is 1.90 bits per heavy atom. The van der Waals surface area contributed by atoms with Crippen LogP contribution in [0.2, 0.25) is 0 Å². The van der Waals surface area contributed by atoms with Crippen molar-refractivity contribution < 1.29 is 17.6 Å². The maximum absolute atomic E-state index is 11.6. The molecule has 20 heavy (non-hydrogen) atoms. The van der Waals surface area contributed by atoms with Crippen molar-refractivity contribution >= 4 is 21.6 Å². The highest BCUT2D eigenvalue weighted by molar-refractivity contribution is 7.90. The van der Waals surface area contributed by atoms with E-state index in [-0.39, 0.29) is 11.4 Å². The summed E-state index contributed by atoms with van der Waals surface area (Å²) in [7, 11) is -3.23. The molecule has 2 N–H and O–H groups in total. The van der Waals surface area contributed by atoms with Crippen LogP contribution in [0.25, 0.3) is 0 Å². The highest BCUT2D eigenvalue weighted by Crippen LogP contribution is 2.13. The predicted molar refractivity (Wildman–Crippen MR) is 74.1 cm³/mol. The van der Waals surface area contributed by atoms with Gasteiger partial charge in [-0.1, -0.05) is 0 Å². The van der Waals surface area contributed by atoms with Gasteiger partial charge in [0.1, 0.15) is 5.76 Å². The number of nitrogens with one attached hydrogen (secondary N) is 2. The Bertz CT molecular complexity index is 676. The fourth-order valence-electron chi connectivity index (χ4n) is 1.54. The summed E-state index contributed by atoms with van der Waals surface area (Å²) in [6.07, 6.45) is 2.66. The van der Waals surface area contributed by atoms with Gasteiger partial charge >= 0.3 is 6.03 Å². The predicted octanol–water partition coefficient (Wildman–Crippen LogP) is 2.00. The third-order valence-corrected chi connectivity index (χ3v) is 3.67. The molecule has 1 aromatic carbocycles. The molecule has 0 saturated heterocycles. The molecule has 0 aliphatic rings. The maximum atomic E-state index is 11.6. The van der Waals surface area contributed by atoms with Gasteiger partial charge in [0, 0.05) is 11.9 Å². The molecular formula is C13H14N2O4S. The minimum atomic E-state index is -3.23.